The molecule has 0 radical (unpaired) electrons. The smallest absolute Gasteiger partial charge is 0.217 e. The van der Waals surface area contributed by atoms with E-state index < -0.39 is 5.95 Å². The third kappa shape index (κ3) is 2.61. The summed E-state index contributed by atoms with van der Waals surface area (Å²) in [4.78, 5) is 3.63. The topological polar surface area (TPSA) is 36.7 Å². The number of hydrogen-bond acceptors (Lipinski definition) is 2. The molecule has 0 saturated heterocycles. The van der Waals surface area contributed by atoms with Gasteiger partial charge in [0.15, 0.2) is 0 Å². The van der Waals surface area contributed by atoms with Crippen molar-refractivity contribution in [3.05, 3.63) is 52.0 Å². The predicted molar refractivity (Wildman–Crippen MR) is 69.0 cm³/mol. The van der Waals surface area contributed by atoms with E-state index in [0.717, 1.165) is 0 Å². The van der Waals surface area contributed by atoms with Crippen molar-refractivity contribution in [2.24, 2.45) is 0 Å². The van der Waals surface area contributed by atoms with Gasteiger partial charge < -0.3 is 0 Å². The molecule has 2 rings (SSSR count). The first-order valence-electron chi connectivity index (χ1n) is 5.08. The van der Waals surface area contributed by atoms with Crippen LogP contribution in [0.25, 0.3) is 11.1 Å². The van der Waals surface area contributed by atoms with Gasteiger partial charge >= 0.3 is 0 Å². The fourth-order valence-corrected chi connectivity index (χ4v) is 1.97. The van der Waals surface area contributed by atoms with Crippen molar-refractivity contribution < 1.29 is 4.39 Å². The van der Waals surface area contributed by atoms with E-state index in [1.54, 1.807) is 24.3 Å². The number of hydrogen-bond donors (Lipinski definition) is 0. The van der Waals surface area contributed by atoms with Crippen LogP contribution in [-0.2, 0) is 6.42 Å². The Morgan fingerprint density at radius 2 is 2.06 bits per heavy atom. The molecular formula is C13H7Cl2FN2. The van der Waals surface area contributed by atoms with Gasteiger partial charge in [-0.15, -0.1) is 0 Å². The molecule has 18 heavy (non-hydrogen) atoms. The molecule has 0 fully saturated rings. The second-order valence-corrected chi connectivity index (χ2v) is 4.48. The van der Waals surface area contributed by atoms with Gasteiger partial charge in [-0.1, -0.05) is 23.2 Å². The molecule has 1 heterocycles. The van der Waals surface area contributed by atoms with Crippen molar-refractivity contribution in [2.45, 2.75) is 6.42 Å². The Labute approximate surface area is 114 Å². The Kier molecular flexibility index (Phi) is 3.81. The zero-order valence-corrected chi connectivity index (χ0v) is 10.6. The first kappa shape index (κ1) is 12.8. The molecule has 0 aliphatic rings. The molecule has 2 nitrogen and oxygen atoms in total. The van der Waals surface area contributed by atoms with Crippen LogP contribution in [0.4, 0.5) is 4.39 Å². The molecule has 0 atom stereocenters. The van der Waals surface area contributed by atoms with E-state index in [4.69, 9.17) is 28.5 Å². The average molecular weight is 281 g/mol. The van der Waals surface area contributed by atoms with E-state index in [9.17, 15) is 4.39 Å². The van der Waals surface area contributed by atoms with Crippen LogP contribution < -0.4 is 0 Å². The SMILES string of the molecule is N#CCc1cc(-c2cc(Cl)ccc2Cl)cnc1F. The third-order valence-corrected chi connectivity index (χ3v) is 2.99. The van der Waals surface area contributed by atoms with Gasteiger partial charge in [-0.25, -0.2) is 4.98 Å². The van der Waals surface area contributed by atoms with Crippen LogP contribution in [0.5, 0.6) is 0 Å². The van der Waals surface area contributed by atoms with E-state index in [0.29, 0.717) is 21.2 Å². The van der Waals surface area contributed by atoms with Crippen molar-refractivity contribution in [1.82, 2.24) is 4.98 Å². The maximum atomic E-state index is 13.3. The highest BCUT2D eigenvalue weighted by molar-refractivity contribution is 6.35. The minimum absolute atomic E-state index is 0.0368. The number of pyridine rings is 1. The van der Waals surface area contributed by atoms with Crippen LogP contribution in [-0.4, -0.2) is 4.98 Å². The van der Waals surface area contributed by atoms with Crippen LogP contribution in [0.1, 0.15) is 5.56 Å². The molecule has 0 amide bonds. The van der Waals surface area contributed by atoms with E-state index in [1.165, 1.54) is 6.20 Å². The van der Waals surface area contributed by atoms with Gasteiger partial charge in [-0.05, 0) is 24.3 Å². The number of nitriles is 1. The lowest BCUT2D eigenvalue weighted by molar-refractivity contribution is 0.571. The molecule has 0 N–H and O–H groups in total. The lowest BCUT2D eigenvalue weighted by Gasteiger charge is -2.06. The molecule has 0 bridgehead atoms. The summed E-state index contributed by atoms with van der Waals surface area (Å²) in [5.74, 6) is -0.640. The van der Waals surface area contributed by atoms with Crippen LogP contribution in [0.15, 0.2) is 30.5 Å². The van der Waals surface area contributed by atoms with Crippen LogP contribution in [0, 0.1) is 17.3 Å². The molecule has 0 aliphatic carbocycles. The summed E-state index contributed by atoms with van der Waals surface area (Å²) in [6.45, 7) is 0. The first-order valence-corrected chi connectivity index (χ1v) is 5.84. The highest BCUT2D eigenvalue weighted by Crippen LogP contribution is 2.30. The summed E-state index contributed by atoms with van der Waals surface area (Å²) in [5, 5.41) is 9.64. The first-order chi connectivity index (χ1) is 8.61. The lowest BCUT2D eigenvalue weighted by Crippen LogP contribution is -1.94. The summed E-state index contributed by atoms with van der Waals surface area (Å²) < 4.78 is 13.3. The summed E-state index contributed by atoms with van der Waals surface area (Å²) in [7, 11) is 0. The van der Waals surface area contributed by atoms with Gasteiger partial charge in [0.25, 0.3) is 0 Å². The average Bonchev–Trinajstić information content (AvgIpc) is 2.35. The minimum Gasteiger partial charge on any atom is -0.227 e. The fourth-order valence-electron chi connectivity index (χ4n) is 1.57. The van der Waals surface area contributed by atoms with Crippen molar-refractivity contribution in [1.29, 1.82) is 5.26 Å². The van der Waals surface area contributed by atoms with Gasteiger partial charge in [-0.2, -0.15) is 9.65 Å². The second-order valence-electron chi connectivity index (χ2n) is 3.63. The summed E-state index contributed by atoms with van der Waals surface area (Å²) in [6.07, 6.45) is 1.33. The Morgan fingerprint density at radius 3 is 2.78 bits per heavy atom. The Bertz CT molecular complexity index is 635. The lowest BCUT2D eigenvalue weighted by atomic mass is 10.0. The van der Waals surface area contributed by atoms with Gasteiger partial charge in [-0.3, -0.25) is 0 Å². The van der Waals surface area contributed by atoms with Crippen molar-refractivity contribution in [3.63, 3.8) is 0 Å². The Morgan fingerprint density at radius 1 is 1.28 bits per heavy atom. The standard InChI is InChI=1S/C13H7Cl2FN2/c14-10-1-2-12(15)11(6-10)9-5-8(3-4-17)13(16)18-7-9/h1-2,5-7H,3H2. The number of rotatable bonds is 2. The van der Waals surface area contributed by atoms with Crippen LogP contribution in [0.3, 0.4) is 0 Å². The Balaban J connectivity index is 2.54. The van der Waals surface area contributed by atoms with Gasteiger partial charge in [0.1, 0.15) is 0 Å². The zero-order chi connectivity index (χ0) is 13.1. The highest BCUT2D eigenvalue weighted by atomic mass is 35.5. The summed E-state index contributed by atoms with van der Waals surface area (Å²) in [5.41, 5.74) is 1.54. The van der Waals surface area contributed by atoms with Crippen LogP contribution in [0.2, 0.25) is 10.0 Å². The Hall–Kier alpha value is -1.63. The van der Waals surface area contributed by atoms with Gasteiger partial charge in [0, 0.05) is 32.9 Å². The highest BCUT2D eigenvalue weighted by Gasteiger charge is 2.09. The molecule has 0 aliphatic heterocycles. The van der Waals surface area contributed by atoms with Crippen molar-refractivity contribution in [3.8, 4) is 17.2 Å². The van der Waals surface area contributed by atoms with Crippen molar-refractivity contribution in [2.75, 3.05) is 0 Å². The number of nitrogens with zero attached hydrogens (tertiary/aromatic N) is 2. The fraction of sp³-hybridized carbons (Fsp3) is 0.0769. The maximum absolute atomic E-state index is 13.3. The van der Waals surface area contributed by atoms with Gasteiger partial charge in [0.05, 0.1) is 12.5 Å². The molecule has 0 saturated carbocycles. The molecule has 2 aromatic rings. The summed E-state index contributed by atoms with van der Waals surface area (Å²) >= 11 is 11.9. The maximum Gasteiger partial charge on any atom is 0.217 e. The molecular weight excluding hydrogens is 274 g/mol. The molecule has 0 spiro atoms. The number of halogens is 3. The molecule has 90 valence electrons. The molecule has 1 aromatic heterocycles. The van der Waals surface area contributed by atoms with E-state index in [-0.39, 0.29) is 12.0 Å². The number of benzene rings is 1. The third-order valence-electron chi connectivity index (χ3n) is 2.42. The van der Waals surface area contributed by atoms with Gasteiger partial charge in [0.2, 0.25) is 5.95 Å². The zero-order valence-electron chi connectivity index (χ0n) is 9.12. The second kappa shape index (κ2) is 5.34. The van der Waals surface area contributed by atoms with Crippen LogP contribution >= 0.6 is 23.2 Å². The van der Waals surface area contributed by atoms with Crippen molar-refractivity contribution >= 4 is 23.2 Å². The predicted octanol–water partition coefficient (Wildman–Crippen LogP) is 4.26. The summed E-state index contributed by atoms with van der Waals surface area (Å²) in [6, 6.07) is 8.45. The monoisotopic (exact) mass is 280 g/mol. The van der Waals surface area contributed by atoms with E-state index in [1.807, 2.05) is 6.07 Å². The molecule has 0 unspecified atom stereocenters. The molecule has 1 aromatic carbocycles. The quantitative estimate of drug-likeness (QED) is 0.771. The number of aromatic nitrogens is 1. The van der Waals surface area contributed by atoms with E-state index in [2.05, 4.69) is 4.98 Å². The normalized spacial score (nSPS) is 10.1. The minimum atomic E-state index is -0.640. The van der Waals surface area contributed by atoms with E-state index >= 15 is 0 Å². The molecule has 5 heteroatoms. The largest absolute Gasteiger partial charge is 0.227 e.